The summed E-state index contributed by atoms with van der Waals surface area (Å²) < 4.78 is 0. The average Bonchev–Trinajstić information content (AvgIpc) is 2.83. The number of rotatable bonds is 4. The van der Waals surface area contributed by atoms with Gasteiger partial charge < -0.3 is 5.32 Å². The van der Waals surface area contributed by atoms with Gasteiger partial charge in [-0.15, -0.1) is 0 Å². The summed E-state index contributed by atoms with van der Waals surface area (Å²) in [4.78, 5) is 12.2. The number of hydrogen-bond acceptors (Lipinski definition) is 2. The number of carbonyl (C=O) groups excluding carboxylic acids is 1. The van der Waals surface area contributed by atoms with E-state index in [0.29, 0.717) is 18.3 Å². The van der Waals surface area contributed by atoms with Crippen molar-refractivity contribution in [2.75, 3.05) is 5.32 Å². The Morgan fingerprint density at radius 1 is 1.32 bits per heavy atom. The van der Waals surface area contributed by atoms with Crippen molar-refractivity contribution < 1.29 is 4.79 Å². The van der Waals surface area contributed by atoms with Gasteiger partial charge in [0, 0.05) is 12.0 Å². The number of aromatic nitrogens is 2. The molecule has 3 fully saturated rings. The number of anilines is 1. The van der Waals surface area contributed by atoms with Crippen LogP contribution in [0.4, 0.5) is 5.82 Å². The lowest BCUT2D eigenvalue weighted by molar-refractivity contribution is -0.117. The van der Waals surface area contributed by atoms with Crippen LogP contribution in [0.1, 0.15) is 56.4 Å². The Morgan fingerprint density at radius 2 is 2.21 bits per heavy atom. The summed E-state index contributed by atoms with van der Waals surface area (Å²) in [6, 6.07) is 0. The van der Waals surface area contributed by atoms with Crippen LogP contribution in [-0.2, 0) is 4.79 Å². The molecule has 2 N–H and O–H groups in total. The average molecular weight is 259 g/mol. The first-order valence-corrected chi connectivity index (χ1v) is 7.62. The minimum Gasteiger partial charge on any atom is -0.311 e. The van der Waals surface area contributed by atoms with Crippen LogP contribution < -0.4 is 5.32 Å². The molecule has 19 heavy (non-hydrogen) atoms. The summed E-state index contributed by atoms with van der Waals surface area (Å²) in [6.07, 6.45) is 10.4. The van der Waals surface area contributed by atoms with E-state index in [2.05, 4.69) is 15.5 Å². The number of nitrogens with zero attached hydrogens (tertiary/aromatic N) is 1. The third-order valence-corrected chi connectivity index (χ3v) is 5.28. The molecule has 0 aliphatic heterocycles. The van der Waals surface area contributed by atoms with Crippen molar-refractivity contribution in [3.8, 4) is 0 Å². The first kappa shape index (κ1) is 11.5. The van der Waals surface area contributed by atoms with Crippen LogP contribution in [0, 0.1) is 17.8 Å². The third-order valence-electron chi connectivity index (χ3n) is 5.28. The van der Waals surface area contributed by atoms with Gasteiger partial charge in [-0.3, -0.25) is 9.89 Å². The molecule has 0 saturated heterocycles. The molecule has 1 aromatic rings. The van der Waals surface area contributed by atoms with Gasteiger partial charge in [-0.05, 0) is 55.8 Å². The second kappa shape index (κ2) is 4.36. The van der Waals surface area contributed by atoms with Crippen molar-refractivity contribution in [1.29, 1.82) is 0 Å². The Balaban J connectivity index is 1.37. The molecule has 0 aromatic carbocycles. The molecule has 0 radical (unpaired) electrons. The van der Waals surface area contributed by atoms with E-state index in [4.69, 9.17) is 0 Å². The number of hydrogen-bond donors (Lipinski definition) is 2. The Morgan fingerprint density at radius 3 is 2.89 bits per heavy atom. The smallest absolute Gasteiger partial charge is 0.225 e. The van der Waals surface area contributed by atoms with E-state index >= 15 is 0 Å². The molecule has 1 heterocycles. The summed E-state index contributed by atoms with van der Waals surface area (Å²) in [7, 11) is 0. The van der Waals surface area contributed by atoms with Crippen molar-refractivity contribution >= 4 is 11.7 Å². The summed E-state index contributed by atoms with van der Waals surface area (Å²) in [6.45, 7) is 0. The highest BCUT2D eigenvalue weighted by atomic mass is 16.1. The van der Waals surface area contributed by atoms with Gasteiger partial charge >= 0.3 is 0 Å². The van der Waals surface area contributed by atoms with Crippen LogP contribution in [0.3, 0.4) is 0 Å². The number of fused-ring (bicyclic) bond motifs is 2. The van der Waals surface area contributed by atoms with Gasteiger partial charge in [0.05, 0.1) is 6.20 Å². The van der Waals surface area contributed by atoms with Crippen molar-refractivity contribution in [2.24, 2.45) is 17.8 Å². The number of amides is 1. The molecule has 3 unspecified atom stereocenters. The van der Waals surface area contributed by atoms with Gasteiger partial charge in [0.2, 0.25) is 5.91 Å². The van der Waals surface area contributed by atoms with Crippen LogP contribution in [0.5, 0.6) is 0 Å². The van der Waals surface area contributed by atoms with E-state index in [-0.39, 0.29) is 5.91 Å². The molecule has 102 valence electrons. The lowest BCUT2D eigenvalue weighted by Gasteiger charge is -2.20. The fourth-order valence-electron chi connectivity index (χ4n) is 4.15. The second-order valence-corrected chi connectivity index (χ2v) is 6.66. The molecular formula is C15H21N3O. The maximum absolute atomic E-state index is 12.2. The summed E-state index contributed by atoms with van der Waals surface area (Å²) in [5.74, 6) is 4.00. The number of nitrogens with one attached hydrogen (secondary N) is 2. The predicted molar refractivity (Wildman–Crippen MR) is 72.7 cm³/mol. The number of H-pyrrole nitrogens is 1. The van der Waals surface area contributed by atoms with Crippen molar-refractivity contribution in [3.63, 3.8) is 0 Å². The maximum atomic E-state index is 12.2. The van der Waals surface area contributed by atoms with Crippen molar-refractivity contribution in [2.45, 2.75) is 50.9 Å². The van der Waals surface area contributed by atoms with Crippen LogP contribution in [0.25, 0.3) is 0 Å². The zero-order valence-electron chi connectivity index (χ0n) is 11.2. The molecule has 2 bridgehead atoms. The predicted octanol–water partition coefficient (Wildman–Crippen LogP) is 3.05. The standard InChI is InChI=1S/C15H21N3O/c19-14(7-12-6-9-1-2-11(12)5-9)17-15-13(8-16-18-15)10-3-4-10/h8-12H,1-7H2,(H2,16,17,18,19). The van der Waals surface area contributed by atoms with E-state index < -0.39 is 0 Å². The Bertz CT molecular complexity index is 491. The van der Waals surface area contributed by atoms with Gasteiger partial charge in [-0.1, -0.05) is 6.42 Å². The van der Waals surface area contributed by atoms with Gasteiger partial charge in [-0.2, -0.15) is 5.10 Å². The maximum Gasteiger partial charge on any atom is 0.225 e. The number of carbonyl (C=O) groups is 1. The van der Waals surface area contributed by atoms with Gasteiger partial charge in [0.1, 0.15) is 5.82 Å². The topological polar surface area (TPSA) is 57.8 Å². The molecule has 4 rings (SSSR count). The molecule has 1 aromatic heterocycles. The van der Waals surface area contributed by atoms with Crippen LogP contribution in [0.15, 0.2) is 6.20 Å². The van der Waals surface area contributed by atoms with E-state index in [1.165, 1.54) is 44.1 Å². The first-order valence-electron chi connectivity index (χ1n) is 7.62. The van der Waals surface area contributed by atoms with Crippen LogP contribution in [0.2, 0.25) is 0 Å². The summed E-state index contributed by atoms with van der Waals surface area (Å²) >= 11 is 0. The zero-order valence-corrected chi connectivity index (χ0v) is 11.2. The van der Waals surface area contributed by atoms with Crippen LogP contribution >= 0.6 is 0 Å². The molecule has 3 aliphatic carbocycles. The van der Waals surface area contributed by atoms with Gasteiger partial charge in [0.15, 0.2) is 0 Å². The third kappa shape index (κ3) is 2.17. The fourth-order valence-corrected chi connectivity index (χ4v) is 4.15. The summed E-state index contributed by atoms with van der Waals surface area (Å²) in [5, 5.41) is 10.0. The lowest BCUT2D eigenvalue weighted by Crippen LogP contribution is -2.20. The zero-order chi connectivity index (χ0) is 12.8. The van der Waals surface area contributed by atoms with Crippen molar-refractivity contribution in [3.05, 3.63) is 11.8 Å². The quantitative estimate of drug-likeness (QED) is 0.873. The summed E-state index contributed by atoms with van der Waals surface area (Å²) in [5.41, 5.74) is 1.20. The Kier molecular flexibility index (Phi) is 2.64. The minimum absolute atomic E-state index is 0.170. The Hall–Kier alpha value is -1.32. The monoisotopic (exact) mass is 259 g/mol. The molecular weight excluding hydrogens is 238 g/mol. The van der Waals surface area contributed by atoms with Gasteiger partial charge in [-0.25, -0.2) is 0 Å². The second-order valence-electron chi connectivity index (χ2n) is 6.66. The number of aromatic amines is 1. The first-order chi connectivity index (χ1) is 9.29. The normalized spacial score (nSPS) is 32.7. The molecule has 1 amide bonds. The SMILES string of the molecule is O=C(CC1CC2CCC1C2)Nc1[nH]ncc1C1CC1. The lowest BCUT2D eigenvalue weighted by atomic mass is 9.86. The minimum atomic E-state index is 0.170. The van der Waals surface area contributed by atoms with E-state index in [9.17, 15) is 4.79 Å². The molecule has 3 atom stereocenters. The Labute approximate surface area is 113 Å². The molecule has 0 spiro atoms. The highest BCUT2D eigenvalue weighted by Crippen LogP contribution is 2.49. The van der Waals surface area contributed by atoms with Crippen molar-refractivity contribution in [1.82, 2.24) is 10.2 Å². The van der Waals surface area contributed by atoms with E-state index in [1.807, 2.05) is 6.20 Å². The molecule has 4 heteroatoms. The highest BCUT2D eigenvalue weighted by Gasteiger charge is 2.40. The van der Waals surface area contributed by atoms with E-state index in [0.717, 1.165) is 17.7 Å². The largest absolute Gasteiger partial charge is 0.311 e. The highest BCUT2D eigenvalue weighted by molar-refractivity contribution is 5.90. The molecule has 3 aliphatic rings. The molecule has 4 nitrogen and oxygen atoms in total. The van der Waals surface area contributed by atoms with Gasteiger partial charge in [0.25, 0.3) is 0 Å². The fraction of sp³-hybridized carbons (Fsp3) is 0.733. The van der Waals surface area contributed by atoms with Crippen LogP contribution in [-0.4, -0.2) is 16.1 Å². The van der Waals surface area contributed by atoms with E-state index in [1.54, 1.807) is 0 Å². The molecule has 3 saturated carbocycles.